The normalized spacial score (nSPS) is 19.2. The molecule has 0 aromatic heterocycles. The van der Waals surface area contributed by atoms with Crippen molar-refractivity contribution in [1.29, 1.82) is 0 Å². The first-order valence-electron chi connectivity index (χ1n) is 8.09. The highest BCUT2D eigenvalue weighted by Crippen LogP contribution is 2.26. The molecule has 0 aliphatic carbocycles. The summed E-state index contributed by atoms with van der Waals surface area (Å²) in [6.45, 7) is 3.01. The smallest absolute Gasteiger partial charge is 0.253 e. The molecule has 0 atom stereocenters. The Balaban J connectivity index is 1.58. The first-order chi connectivity index (χ1) is 11.1. The Labute approximate surface area is 146 Å². The molecule has 0 spiro atoms. The van der Waals surface area contributed by atoms with Crippen LogP contribution in [0.25, 0.3) is 0 Å². The molecule has 124 valence electrons. The summed E-state index contributed by atoms with van der Waals surface area (Å²) < 4.78 is 0. The van der Waals surface area contributed by atoms with Gasteiger partial charge in [0.15, 0.2) is 0 Å². The summed E-state index contributed by atoms with van der Waals surface area (Å²) in [5.41, 5.74) is 0.545. The van der Waals surface area contributed by atoms with Crippen molar-refractivity contribution in [2.75, 3.05) is 26.2 Å². The van der Waals surface area contributed by atoms with E-state index in [2.05, 4.69) is 0 Å². The number of amides is 2. The minimum absolute atomic E-state index is 0.0457. The molecule has 0 saturated carbocycles. The van der Waals surface area contributed by atoms with Gasteiger partial charge >= 0.3 is 0 Å². The molecule has 0 N–H and O–H groups in total. The van der Waals surface area contributed by atoms with Gasteiger partial charge in [-0.05, 0) is 43.9 Å². The van der Waals surface area contributed by atoms with Crippen LogP contribution in [0.15, 0.2) is 18.2 Å². The number of hydrogen-bond acceptors (Lipinski definition) is 2. The Morgan fingerprint density at radius 2 is 1.57 bits per heavy atom. The van der Waals surface area contributed by atoms with E-state index in [1.807, 2.05) is 4.90 Å². The number of benzene rings is 1. The molecule has 2 amide bonds. The molecule has 4 nitrogen and oxygen atoms in total. The number of carbonyl (C=O) groups excluding carboxylic acids is 2. The number of piperidine rings is 1. The van der Waals surface area contributed by atoms with Crippen LogP contribution in [0.2, 0.25) is 10.0 Å². The third-order valence-corrected chi connectivity index (χ3v) is 5.45. The van der Waals surface area contributed by atoms with Crippen molar-refractivity contribution in [2.24, 2.45) is 5.92 Å². The van der Waals surface area contributed by atoms with E-state index in [4.69, 9.17) is 23.2 Å². The second-order valence-corrected chi connectivity index (χ2v) is 7.04. The molecule has 23 heavy (non-hydrogen) atoms. The summed E-state index contributed by atoms with van der Waals surface area (Å²) in [6, 6.07) is 4.94. The second kappa shape index (κ2) is 7.10. The lowest BCUT2D eigenvalue weighted by Crippen LogP contribution is -2.43. The fourth-order valence-electron chi connectivity index (χ4n) is 3.34. The number of nitrogens with zero attached hydrogens (tertiary/aromatic N) is 2. The third-order valence-electron chi connectivity index (χ3n) is 4.72. The highest BCUT2D eigenvalue weighted by Gasteiger charge is 2.31. The van der Waals surface area contributed by atoms with Crippen LogP contribution >= 0.6 is 23.2 Å². The lowest BCUT2D eigenvalue weighted by atomic mass is 9.95. The van der Waals surface area contributed by atoms with E-state index in [0.717, 1.165) is 38.8 Å². The minimum Gasteiger partial charge on any atom is -0.342 e. The number of hydrogen-bond donors (Lipinski definition) is 0. The number of halogens is 2. The highest BCUT2D eigenvalue weighted by molar-refractivity contribution is 6.42. The standard InChI is InChI=1S/C17H20Cl2N2O2/c18-14-4-3-13(11-15(14)19)17(23)21-9-5-12(6-10-21)16(22)20-7-1-2-8-20/h3-4,11-12H,1-2,5-10H2. The predicted molar refractivity (Wildman–Crippen MR) is 90.9 cm³/mol. The van der Waals surface area contributed by atoms with Crippen molar-refractivity contribution in [3.63, 3.8) is 0 Å². The topological polar surface area (TPSA) is 40.6 Å². The Kier molecular flexibility index (Phi) is 5.12. The molecule has 2 fully saturated rings. The molecule has 3 rings (SSSR count). The molecule has 2 heterocycles. The van der Waals surface area contributed by atoms with Crippen LogP contribution in [0.4, 0.5) is 0 Å². The number of likely N-dealkylation sites (tertiary alicyclic amines) is 2. The zero-order valence-corrected chi connectivity index (χ0v) is 14.4. The summed E-state index contributed by atoms with van der Waals surface area (Å²) in [5.74, 6) is 0.283. The second-order valence-electron chi connectivity index (χ2n) is 6.23. The molecular formula is C17H20Cl2N2O2. The van der Waals surface area contributed by atoms with Crippen LogP contribution in [0.1, 0.15) is 36.0 Å². The molecule has 2 aliphatic rings. The van der Waals surface area contributed by atoms with E-state index >= 15 is 0 Å². The van der Waals surface area contributed by atoms with E-state index < -0.39 is 0 Å². The van der Waals surface area contributed by atoms with E-state index in [0.29, 0.717) is 28.7 Å². The SMILES string of the molecule is O=C(c1ccc(Cl)c(Cl)c1)N1CCC(C(=O)N2CCCC2)CC1. The average molecular weight is 355 g/mol. The van der Waals surface area contributed by atoms with Crippen LogP contribution in [-0.2, 0) is 4.79 Å². The summed E-state index contributed by atoms with van der Waals surface area (Å²) in [5, 5.41) is 0.828. The quantitative estimate of drug-likeness (QED) is 0.815. The van der Waals surface area contributed by atoms with Crippen molar-refractivity contribution in [2.45, 2.75) is 25.7 Å². The van der Waals surface area contributed by atoms with E-state index in [9.17, 15) is 9.59 Å². The van der Waals surface area contributed by atoms with Crippen LogP contribution < -0.4 is 0 Å². The van der Waals surface area contributed by atoms with E-state index in [1.165, 1.54) is 0 Å². The van der Waals surface area contributed by atoms with E-state index in [1.54, 1.807) is 23.1 Å². The maximum absolute atomic E-state index is 12.5. The molecule has 2 saturated heterocycles. The van der Waals surface area contributed by atoms with Crippen LogP contribution in [0.5, 0.6) is 0 Å². The van der Waals surface area contributed by atoms with Gasteiger partial charge in [-0.15, -0.1) is 0 Å². The molecule has 0 radical (unpaired) electrons. The van der Waals surface area contributed by atoms with Gasteiger partial charge < -0.3 is 9.80 Å². The van der Waals surface area contributed by atoms with Crippen LogP contribution in [0, 0.1) is 5.92 Å². The van der Waals surface area contributed by atoms with Gasteiger partial charge in [0.2, 0.25) is 5.91 Å². The maximum Gasteiger partial charge on any atom is 0.253 e. The number of carbonyl (C=O) groups is 2. The summed E-state index contributed by atoms with van der Waals surface area (Å²) in [7, 11) is 0. The van der Waals surface area contributed by atoms with Gasteiger partial charge in [-0.25, -0.2) is 0 Å². The molecular weight excluding hydrogens is 335 g/mol. The molecule has 0 unspecified atom stereocenters. The van der Waals surface area contributed by atoms with Crippen LogP contribution in [0.3, 0.4) is 0 Å². The zero-order valence-electron chi connectivity index (χ0n) is 12.9. The first kappa shape index (κ1) is 16.6. The monoisotopic (exact) mass is 354 g/mol. The van der Waals surface area contributed by atoms with Crippen LogP contribution in [-0.4, -0.2) is 47.8 Å². The zero-order chi connectivity index (χ0) is 16.4. The highest BCUT2D eigenvalue weighted by atomic mass is 35.5. The van der Waals surface area contributed by atoms with Crippen molar-refractivity contribution < 1.29 is 9.59 Å². The van der Waals surface area contributed by atoms with Gasteiger partial charge in [-0.1, -0.05) is 23.2 Å². The Morgan fingerprint density at radius 1 is 0.913 bits per heavy atom. The number of rotatable bonds is 2. The third kappa shape index (κ3) is 3.64. The lowest BCUT2D eigenvalue weighted by Gasteiger charge is -2.33. The molecule has 1 aromatic rings. The van der Waals surface area contributed by atoms with Crippen molar-refractivity contribution >= 4 is 35.0 Å². The first-order valence-corrected chi connectivity index (χ1v) is 8.85. The maximum atomic E-state index is 12.5. The Morgan fingerprint density at radius 3 is 2.17 bits per heavy atom. The summed E-state index contributed by atoms with van der Waals surface area (Å²) >= 11 is 11.9. The van der Waals surface area contributed by atoms with Gasteiger partial charge in [0.1, 0.15) is 0 Å². The fourth-order valence-corrected chi connectivity index (χ4v) is 3.64. The predicted octanol–water partition coefficient (Wildman–Crippen LogP) is 3.47. The fraction of sp³-hybridized carbons (Fsp3) is 0.529. The Hall–Kier alpha value is -1.26. The van der Waals surface area contributed by atoms with Gasteiger partial charge in [0.25, 0.3) is 5.91 Å². The minimum atomic E-state index is -0.0457. The van der Waals surface area contributed by atoms with Crippen molar-refractivity contribution in [3.8, 4) is 0 Å². The molecule has 6 heteroatoms. The summed E-state index contributed by atoms with van der Waals surface area (Å²) in [4.78, 5) is 28.7. The lowest BCUT2D eigenvalue weighted by molar-refractivity contribution is -0.135. The Bertz CT molecular complexity index is 607. The van der Waals surface area contributed by atoms with Crippen molar-refractivity contribution in [1.82, 2.24) is 9.80 Å². The molecule has 1 aromatic carbocycles. The molecule has 2 aliphatic heterocycles. The average Bonchev–Trinajstić information content (AvgIpc) is 3.11. The molecule has 0 bridgehead atoms. The van der Waals surface area contributed by atoms with Gasteiger partial charge in [0, 0.05) is 37.7 Å². The van der Waals surface area contributed by atoms with Gasteiger partial charge in [-0.2, -0.15) is 0 Å². The van der Waals surface area contributed by atoms with Gasteiger partial charge in [0.05, 0.1) is 10.0 Å². The largest absolute Gasteiger partial charge is 0.342 e. The van der Waals surface area contributed by atoms with E-state index in [-0.39, 0.29) is 17.7 Å². The summed E-state index contributed by atoms with van der Waals surface area (Å²) in [6.07, 6.45) is 3.70. The van der Waals surface area contributed by atoms with Crippen molar-refractivity contribution in [3.05, 3.63) is 33.8 Å². The van der Waals surface area contributed by atoms with Gasteiger partial charge in [-0.3, -0.25) is 9.59 Å².